The third-order valence-corrected chi connectivity index (χ3v) is 4.06. The molecule has 3 nitrogen and oxygen atoms in total. The Bertz CT molecular complexity index is 644. The minimum Gasteiger partial charge on any atom is -0.399 e. The van der Waals surface area contributed by atoms with Gasteiger partial charge in [-0.2, -0.15) is 0 Å². The molecule has 2 rings (SSSR count). The van der Waals surface area contributed by atoms with Crippen LogP contribution in [-0.4, -0.2) is 17.9 Å². The number of nitrogens with zero attached hydrogens (tertiary/aromatic N) is 1. The van der Waals surface area contributed by atoms with Crippen molar-refractivity contribution < 1.29 is 4.79 Å². The number of halogens is 2. The summed E-state index contributed by atoms with van der Waals surface area (Å²) in [5.74, 6) is -0.0656. The van der Waals surface area contributed by atoms with Crippen LogP contribution < -0.4 is 5.73 Å². The highest BCUT2D eigenvalue weighted by Crippen LogP contribution is 2.22. The Balaban J connectivity index is 2.18. The molecule has 2 aromatic carbocycles. The summed E-state index contributed by atoms with van der Waals surface area (Å²) in [5.41, 5.74) is 7.95. The van der Waals surface area contributed by atoms with Gasteiger partial charge in [0.15, 0.2) is 0 Å². The summed E-state index contributed by atoms with van der Waals surface area (Å²) in [7, 11) is 1.78. The van der Waals surface area contributed by atoms with Crippen LogP contribution in [0.15, 0.2) is 51.4 Å². The van der Waals surface area contributed by atoms with Crippen LogP contribution in [0.1, 0.15) is 15.9 Å². The van der Waals surface area contributed by atoms with E-state index in [1.54, 1.807) is 30.1 Å². The lowest BCUT2D eigenvalue weighted by molar-refractivity contribution is 0.0784. The normalized spacial score (nSPS) is 10.3. The summed E-state index contributed by atoms with van der Waals surface area (Å²) in [6.07, 6.45) is 0. The SMILES string of the molecule is CN(Cc1cccc(Br)c1)C(=O)c1cc(N)ccc1Br. The van der Waals surface area contributed by atoms with Crippen molar-refractivity contribution >= 4 is 43.5 Å². The number of benzene rings is 2. The number of amides is 1. The second-order valence-corrected chi connectivity index (χ2v) is 6.30. The van der Waals surface area contributed by atoms with Crippen molar-refractivity contribution in [3.63, 3.8) is 0 Å². The zero-order valence-electron chi connectivity index (χ0n) is 10.9. The minimum absolute atomic E-state index is 0.0656. The maximum Gasteiger partial charge on any atom is 0.255 e. The first-order chi connectivity index (χ1) is 9.47. The molecule has 0 aliphatic carbocycles. The van der Waals surface area contributed by atoms with Crippen LogP contribution >= 0.6 is 31.9 Å². The zero-order chi connectivity index (χ0) is 14.7. The van der Waals surface area contributed by atoms with E-state index in [-0.39, 0.29) is 5.91 Å². The second-order valence-electron chi connectivity index (χ2n) is 4.53. The smallest absolute Gasteiger partial charge is 0.255 e. The average Bonchev–Trinajstić information content (AvgIpc) is 2.40. The molecule has 104 valence electrons. The molecule has 0 radical (unpaired) electrons. The largest absolute Gasteiger partial charge is 0.399 e. The van der Waals surface area contributed by atoms with E-state index >= 15 is 0 Å². The summed E-state index contributed by atoms with van der Waals surface area (Å²) in [6, 6.07) is 13.1. The Morgan fingerprint density at radius 2 is 1.95 bits per heavy atom. The molecule has 0 saturated heterocycles. The fourth-order valence-corrected chi connectivity index (χ4v) is 2.76. The quantitative estimate of drug-likeness (QED) is 0.793. The summed E-state index contributed by atoms with van der Waals surface area (Å²) in [4.78, 5) is 14.1. The number of nitrogens with two attached hydrogens (primary N) is 1. The van der Waals surface area contributed by atoms with Crippen LogP contribution in [0.3, 0.4) is 0 Å². The first kappa shape index (κ1) is 15.1. The predicted octanol–water partition coefficient (Wildman–Crippen LogP) is 4.07. The van der Waals surface area contributed by atoms with Crippen molar-refractivity contribution in [3.05, 3.63) is 62.5 Å². The third-order valence-electron chi connectivity index (χ3n) is 2.88. The van der Waals surface area contributed by atoms with Crippen LogP contribution in [0.25, 0.3) is 0 Å². The molecule has 1 amide bonds. The molecule has 5 heteroatoms. The highest BCUT2D eigenvalue weighted by atomic mass is 79.9. The lowest BCUT2D eigenvalue weighted by atomic mass is 10.1. The average molecular weight is 398 g/mol. The molecule has 0 bridgehead atoms. The Morgan fingerprint density at radius 3 is 2.65 bits per heavy atom. The number of rotatable bonds is 3. The fourth-order valence-electron chi connectivity index (χ4n) is 1.89. The molecule has 0 aliphatic heterocycles. The molecule has 0 heterocycles. The van der Waals surface area contributed by atoms with E-state index in [4.69, 9.17) is 5.73 Å². The van der Waals surface area contributed by atoms with Gasteiger partial charge in [-0.15, -0.1) is 0 Å². The van der Waals surface area contributed by atoms with E-state index in [1.165, 1.54) is 0 Å². The first-order valence-electron chi connectivity index (χ1n) is 6.02. The Kier molecular flexibility index (Phi) is 4.83. The molecule has 2 aromatic rings. The lowest BCUT2D eigenvalue weighted by Gasteiger charge is -2.18. The summed E-state index contributed by atoms with van der Waals surface area (Å²) in [6.45, 7) is 0.541. The van der Waals surface area contributed by atoms with Gasteiger partial charge in [-0.05, 0) is 51.8 Å². The maximum atomic E-state index is 12.4. The van der Waals surface area contributed by atoms with Gasteiger partial charge in [0.05, 0.1) is 5.56 Å². The summed E-state index contributed by atoms with van der Waals surface area (Å²) >= 11 is 6.81. The van der Waals surface area contributed by atoms with Crippen molar-refractivity contribution in [1.29, 1.82) is 0 Å². The van der Waals surface area contributed by atoms with Crippen molar-refractivity contribution in [3.8, 4) is 0 Å². The van der Waals surface area contributed by atoms with Gasteiger partial charge in [0.2, 0.25) is 0 Å². The maximum absolute atomic E-state index is 12.4. The van der Waals surface area contributed by atoms with Crippen LogP contribution in [-0.2, 0) is 6.54 Å². The fraction of sp³-hybridized carbons (Fsp3) is 0.133. The number of nitrogen functional groups attached to an aromatic ring is 1. The number of anilines is 1. The van der Waals surface area contributed by atoms with Crippen molar-refractivity contribution in [2.24, 2.45) is 0 Å². The molecular formula is C15H14Br2N2O. The highest BCUT2D eigenvalue weighted by molar-refractivity contribution is 9.10. The van der Waals surface area contributed by atoms with Crippen LogP contribution in [0.4, 0.5) is 5.69 Å². The number of hydrogen-bond donors (Lipinski definition) is 1. The minimum atomic E-state index is -0.0656. The monoisotopic (exact) mass is 396 g/mol. The third kappa shape index (κ3) is 3.61. The second kappa shape index (κ2) is 6.41. The van der Waals surface area contributed by atoms with Gasteiger partial charge in [0.1, 0.15) is 0 Å². The Hall–Kier alpha value is -1.33. The van der Waals surface area contributed by atoms with E-state index < -0.39 is 0 Å². The van der Waals surface area contributed by atoms with E-state index in [9.17, 15) is 4.79 Å². The van der Waals surface area contributed by atoms with Crippen LogP contribution in [0.2, 0.25) is 0 Å². The highest BCUT2D eigenvalue weighted by Gasteiger charge is 2.15. The molecule has 0 unspecified atom stereocenters. The topological polar surface area (TPSA) is 46.3 Å². The van der Waals surface area contributed by atoms with Crippen LogP contribution in [0, 0.1) is 0 Å². The molecule has 0 saturated carbocycles. The van der Waals surface area contributed by atoms with Gasteiger partial charge < -0.3 is 10.6 Å². The Morgan fingerprint density at radius 1 is 1.20 bits per heavy atom. The van der Waals surface area contributed by atoms with E-state index in [0.29, 0.717) is 17.8 Å². The van der Waals surface area contributed by atoms with Gasteiger partial charge in [0.25, 0.3) is 5.91 Å². The zero-order valence-corrected chi connectivity index (χ0v) is 14.1. The van der Waals surface area contributed by atoms with Gasteiger partial charge in [0, 0.05) is 28.2 Å². The van der Waals surface area contributed by atoms with Gasteiger partial charge in [-0.25, -0.2) is 0 Å². The van der Waals surface area contributed by atoms with Crippen molar-refractivity contribution in [2.75, 3.05) is 12.8 Å². The molecule has 0 atom stereocenters. The molecule has 0 spiro atoms. The lowest BCUT2D eigenvalue weighted by Crippen LogP contribution is -2.26. The Labute approximate surface area is 135 Å². The molecule has 0 aromatic heterocycles. The van der Waals surface area contributed by atoms with Crippen LogP contribution in [0.5, 0.6) is 0 Å². The molecule has 20 heavy (non-hydrogen) atoms. The predicted molar refractivity (Wildman–Crippen MR) is 88.5 cm³/mol. The van der Waals surface area contributed by atoms with Crippen molar-refractivity contribution in [2.45, 2.75) is 6.54 Å². The number of carbonyl (C=O) groups is 1. The van der Waals surface area contributed by atoms with E-state index in [1.807, 2.05) is 24.3 Å². The molecule has 0 aliphatic rings. The van der Waals surface area contributed by atoms with Gasteiger partial charge in [-0.1, -0.05) is 28.1 Å². The molecular weight excluding hydrogens is 384 g/mol. The van der Waals surface area contributed by atoms with E-state index in [0.717, 1.165) is 14.5 Å². The summed E-state index contributed by atoms with van der Waals surface area (Å²) in [5, 5.41) is 0. The first-order valence-corrected chi connectivity index (χ1v) is 7.61. The van der Waals surface area contributed by atoms with E-state index in [2.05, 4.69) is 31.9 Å². The van der Waals surface area contributed by atoms with Crippen molar-refractivity contribution in [1.82, 2.24) is 4.90 Å². The number of hydrogen-bond acceptors (Lipinski definition) is 2. The van der Waals surface area contributed by atoms with Gasteiger partial charge in [-0.3, -0.25) is 4.79 Å². The molecule has 2 N–H and O–H groups in total. The molecule has 0 fully saturated rings. The number of carbonyl (C=O) groups excluding carboxylic acids is 1. The standard InChI is InChI=1S/C15H14Br2N2O/c1-19(9-10-3-2-4-11(16)7-10)15(20)13-8-12(18)5-6-14(13)17/h2-8H,9,18H2,1H3. The van der Waals surface area contributed by atoms with Gasteiger partial charge >= 0.3 is 0 Å². The summed E-state index contributed by atoms with van der Waals surface area (Å²) < 4.78 is 1.75.